The van der Waals surface area contributed by atoms with Gasteiger partial charge in [0.05, 0.1) is 13.0 Å². The predicted octanol–water partition coefficient (Wildman–Crippen LogP) is 5.35. The van der Waals surface area contributed by atoms with Crippen LogP contribution in [0.3, 0.4) is 0 Å². The zero-order chi connectivity index (χ0) is 25.7. The maximum Gasteiger partial charge on any atom is 0.378 e. The summed E-state index contributed by atoms with van der Waals surface area (Å²) in [5.41, 5.74) is 1.08. The van der Waals surface area contributed by atoms with E-state index >= 15 is 0 Å². The quantitative estimate of drug-likeness (QED) is 0.189. The van der Waals surface area contributed by atoms with Crippen LogP contribution in [0.1, 0.15) is 98.8 Å². The van der Waals surface area contributed by atoms with Crippen molar-refractivity contribution >= 4 is 11.9 Å². The number of aliphatic hydroxyl groups excluding tert-OH is 3. The number of allylic oxidation sites excluding steroid dienone is 1. The van der Waals surface area contributed by atoms with E-state index in [2.05, 4.69) is 27.7 Å². The summed E-state index contributed by atoms with van der Waals surface area (Å²) in [4.78, 5) is 23.6. The van der Waals surface area contributed by atoms with E-state index in [1.807, 2.05) is 6.92 Å². The van der Waals surface area contributed by atoms with Gasteiger partial charge in [0.2, 0.25) is 11.5 Å². The lowest BCUT2D eigenvalue weighted by Crippen LogP contribution is -2.33. The van der Waals surface area contributed by atoms with Crippen LogP contribution in [-0.4, -0.2) is 46.1 Å². The second-order valence-corrected chi connectivity index (χ2v) is 10.4. The van der Waals surface area contributed by atoms with E-state index in [0.29, 0.717) is 5.92 Å². The molecule has 2 unspecified atom stereocenters. The van der Waals surface area contributed by atoms with Crippen molar-refractivity contribution in [3.05, 3.63) is 23.2 Å². The van der Waals surface area contributed by atoms with E-state index in [1.165, 1.54) is 38.5 Å². The van der Waals surface area contributed by atoms with Gasteiger partial charge in [-0.25, -0.2) is 4.79 Å². The van der Waals surface area contributed by atoms with Crippen molar-refractivity contribution in [3.63, 3.8) is 0 Å². The lowest BCUT2D eigenvalue weighted by molar-refractivity contribution is -0.151. The summed E-state index contributed by atoms with van der Waals surface area (Å²) in [5, 5.41) is 28.5. The summed E-state index contributed by atoms with van der Waals surface area (Å²) in [6.07, 6.45) is 9.82. The topological polar surface area (TPSA) is 113 Å². The first kappa shape index (κ1) is 30.2. The molecule has 0 aromatic carbocycles. The molecule has 0 aromatic rings. The number of esters is 2. The van der Waals surface area contributed by atoms with Crippen molar-refractivity contribution in [2.45, 2.75) is 111 Å². The van der Waals surface area contributed by atoms with Gasteiger partial charge in [-0.3, -0.25) is 4.79 Å². The minimum absolute atomic E-state index is 0.0248. The zero-order valence-electron chi connectivity index (χ0n) is 21.7. The number of hydrogen-bond donors (Lipinski definition) is 3. The van der Waals surface area contributed by atoms with Gasteiger partial charge >= 0.3 is 11.9 Å². The molecule has 0 saturated carbocycles. The molecule has 34 heavy (non-hydrogen) atoms. The van der Waals surface area contributed by atoms with Crippen LogP contribution in [-0.2, 0) is 19.1 Å². The summed E-state index contributed by atoms with van der Waals surface area (Å²) in [6.45, 7) is 10.5. The molecule has 7 heteroatoms. The van der Waals surface area contributed by atoms with E-state index in [4.69, 9.17) is 14.6 Å². The Balaban J connectivity index is 2.28. The van der Waals surface area contributed by atoms with Gasteiger partial charge in [-0.05, 0) is 37.5 Å². The van der Waals surface area contributed by atoms with Crippen molar-refractivity contribution < 1.29 is 34.4 Å². The fourth-order valence-electron chi connectivity index (χ4n) is 4.15. The molecule has 1 rings (SSSR count). The molecule has 0 fully saturated rings. The van der Waals surface area contributed by atoms with Crippen LogP contribution in [0, 0.1) is 17.8 Å². The maximum atomic E-state index is 12.1. The van der Waals surface area contributed by atoms with Crippen molar-refractivity contribution in [2.24, 2.45) is 17.8 Å². The third-order valence-electron chi connectivity index (χ3n) is 6.44. The van der Waals surface area contributed by atoms with E-state index < -0.39 is 42.3 Å². The van der Waals surface area contributed by atoms with E-state index in [1.54, 1.807) is 6.08 Å². The number of cyclic esters (lactones) is 1. The summed E-state index contributed by atoms with van der Waals surface area (Å²) in [6, 6.07) is 0. The Morgan fingerprint density at radius 1 is 1.03 bits per heavy atom. The van der Waals surface area contributed by atoms with Crippen LogP contribution >= 0.6 is 0 Å². The minimum atomic E-state index is -1.48. The van der Waals surface area contributed by atoms with Crippen LogP contribution in [0.4, 0.5) is 0 Å². The minimum Gasteiger partial charge on any atom is -0.499 e. The van der Waals surface area contributed by atoms with Gasteiger partial charge in [-0.2, -0.15) is 0 Å². The fourth-order valence-corrected chi connectivity index (χ4v) is 4.15. The lowest BCUT2D eigenvalue weighted by atomic mass is 9.91. The number of carbonyl (C=O) groups is 2. The Morgan fingerprint density at radius 3 is 2.15 bits per heavy atom. The molecule has 0 bridgehead atoms. The second kappa shape index (κ2) is 15.9. The first-order valence-electron chi connectivity index (χ1n) is 12.8. The Morgan fingerprint density at radius 2 is 1.59 bits per heavy atom. The van der Waals surface area contributed by atoms with Crippen molar-refractivity contribution in [1.29, 1.82) is 0 Å². The molecule has 1 heterocycles. The summed E-state index contributed by atoms with van der Waals surface area (Å²) in [5.74, 6) is -0.787. The van der Waals surface area contributed by atoms with E-state index in [-0.39, 0.29) is 6.42 Å². The molecule has 4 atom stereocenters. The van der Waals surface area contributed by atoms with Gasteiger partial charge in [0.25, 0.3) is 0 Å². The third kappa shape index (κ3) is 11.5. The van der Waals surface area contributed by atoms with E-state index in [0.717, 1.165) is 36.7 Å². The van der Waals surface area contributed by atoms with Gasteiger partial charge in [-0.15, -0.1) is 0 Å². The van der Waals surface area contributed by atoms with Crippen LogP contribution in [0.25, 0.3) is 0 Å². The van der Waals surface area contributed by atoms with Crippen molar-refractivity contribution in [2.75, 3.05) is 6.61 Å². The molecule has 0 aliphatic carbocycles. The van der Waals surface area contributed by atoms with Gasteiger partial charge in [0, 0.05) is 0 Å². The molecule has 0 aromatic heterocycles. The molecule has 7 nitrogen and oxygen atoms in total. The summed E-state index contributed by atoms with van der Waals surface area (Å²) < 4.78 is 9.79. The third-order valence-corrected chi connectivity index (χ3v) is 6.44. The Hall–Kier alpha value is -1.86. The molecule has 0 saturated heterocycles. The first-order chi connectivity index (χ1) is 16.0. The summed E-state index contributed by atoms with van der Waals surface area (Å²) >= 11 is 0. The highest BCUT2D eigenvalue weighted by Crippen LogP contribution is 2.26. The molecule has 196 valence electrons. The predicted molar refractivity (Wildman–Crippen MR) is 132 cm³/mol. The Kier molecular flexibility index (Phi) is 14.1. The highest BCUT2D eigenvalue weighted by Gasteiger charge is 2.41. The SMILES string of the molecule is CC(=CCC(=O)OC1=C(O)C(=O)O[C@@H]1[C@@H](O)CO)CCCC(C)CCCC(C)CCCC(C)C. The number of hydrogen-bond acceptors (Lipinski definition) is 7. The Labute approximate surface area is 205 Å². The molecule has 1 aliphatic rings. The molecule has 3 N–H and O–H groups in total. The fraction of sp³-hybridized carbons (Fsp3) is 0.778. The second-order valence-electron chi connectivity index (χ2n) is 10.4. The van der Waals surface area contributed by atoms with Crippen LogP contribution < -0.4 is 0 Å². The Bertz CT molecular complexity index is 695. The van der Waals surface area contributed by atoms with Gasteiger partial charge in [-0.1, -0.05) is 84.3 Å². The maximum absolute atomic E-state index is 12.1. The smallest absolute Gasteiger partial charge is 0.378 e. The zero-order valence-corrected chi connectivity index (χ0v) is 21.7. The highest BCUT2D eigenvalue weighted by molar-refractivity contribution is 5.90. The van der Waals surface area contributed by atoms with E-state index in [9.17, 15) is 19.8 Å². The van der Waals surface area contributed by atoms with Crippen LogP contribution in [0.15, 0.2) is 23.2 Å². The monoisotopic (exact) mass is 482 g/mol. The van der Waals surface area contributed by atoms with Gasteiger partial charge < -0.3 is 24.8 Å². The number of aliphatic hydroxyl groups is 3. The molecule has 0 radical (unpaired) electrons. The van der Waals surface area contributed by atoms with Crippen LogP contribution in [0.2, 0.25) is 0 Å². The van der Waals surface area contributed by atoms with Crippen LogP contribution in [0.5, 0.6) is 0 Å². The van der Waals surface area contributed by atoms with Gasteiger partial charge in [0.15, 0.2) is 6.10 Å². The largest absolute Gasteiger partial charge is 0.499 e. The number of rotatable bonds is 17. The first-order valence-corrected chi connectivity index (χ1v) is 12.8. The van der Waals surface area contributed by atoms with Crippen molar-refractivity contribution in [1.82, 2.24) is 0 Å². The number of carbonyl (C=O) groups excluding carboxylic acids is 2. The summed E-state index contributed by atoms with van der Waals surface area (Å²) in [7, 11) is 0. The molecule has 1 aliphatic heterocycles. The average molecular weight is 483 g/mol. The molecule has 0 spiro atoms. The number of ether oxygens (including phenoxy) is 2. The van der Waals surface area contributed by atoms with Crippen molar-refractivity contribution in [3.8, 4) is 0 Å². The highest BCUT2D eigenvalue weighted by atomic mass is 16.6. The lowest BCUT2D eigenvalue weighted by Gasteiger charge is -2.17. The average Bonchev–Trinajstić information content (AvgIpc) is 3.05. The molecular weight excluding hydrogens is 436 g/mol. The standard InChI is InChI=1S/C27H46O7/c1-18(2)9-6-10-19(3)11-7-12-20(4)13-8-14-21(5)15-16-23(30)33-26-24(31)27(32)34-25(26)22(29)17-28/h15,18-20,22,25,28-29,31H,6-14,16-17H2,1-5H3/t19?,20?,22-,25+/m0/s1. The molecule has 0 amide bonds. The van der Waals surface area contributed by atoms with Gasteiger partial charge in [0.1, 0.15) is 6.10 Å². The molecular formula is C27H46O7. The normalized spacial score (nSPS) is 19.4.